The summed E-state index contributed by atoms with van der Waals surface area (Å²) in [6.07, 6.45) is 5.55. The maximum atomic E-state index is 5.28. The number of rotatable bonds is 9. The minimum Gasteiger partial charge on any atom is -0.383 e. The third-order valence-corrected chi connectivity index (χ3v) is 4.46. The summed E-state index contributed by atoms with van der Waals surface area (Å²) in [6, 6.07) is 0.507. The monoisotopic (exact) mass is 270 g/mol. The van der Waals surface area contributed by atoms with E-state index in [0.717, 1.165) is 19.1 Å². The highest BCUT2D eigenvalue weighted by Gasteiger charge is 2.35. The van der Waals surface area contributed by atoms with E-state index in [1.807, 2.05) is 0 Å². The van der Waals surface area contributed by atoms with Crippen molar-refractivity contribution >= 4 is 0 Å². The van der Waals surface area contributed by atoms with E-state index in [0.29, 0.717) is 11.5 Å². The zero-order valence-electron chi connectivity index (χ0n) is 13.7. The quantitative estimate of drug-likeness (QED) is 0.697. The van der Waals surface area contributed by atoms with Gasteiger partial charge in [-0.25, -0.2) is 0 Å². The average molecular weight is 270 g/mol. The van der Waals surface area contributed by atoms with E-state index in [1.165, 1.54) is 38.8 Å². The number of nitrogens with zero attached hydrogens (tertiary/aromatic N) is 1. The summed E-state index contributed by atoms with van der Waals surface area (Å²) < 4.78 is 5.28. The van der Waals surface area contributed by atoms with Gasteiger partial charge in [0.1, 0.15) is 0 Å². The number of methoxy groups -OCH3 is 1. The maximum absolute atomic E-state index is 5.28. The average Bonchev–Trinajstić information content (AvgIpc) is 2.77. The highest BCUT2D eigenvalue weighted by Crippen LogP contribution is 2.38. The molecule has 3 nitrogen and oxygen atoms in total. The highest BCUT2D eigenvalue weighted by molar-refractivity contribution is 4.89. The van der Waals surface area contributed by atoms with Crippen LogP contribution >= 0.6 is 0 Å². The van der Waals surface area contributed by atoms with Crippen LogP contribution in [-0.2, 0) is 4.74 Å². The summed E-state index contributed by atoms with van der Waals surface area (Å²) in [6.45, 7) is 11.2. The molecule has 19 heavy (non-hydrogen) atoms. The molecule has 1 saturated carbocycles. The Balaban J connectivity index is 2.46. The second kappa shape index (κ2) is 8.23. The van der Waals surface area contributed by atoms with Gasteiger partial charge in [-0.3, -0.25) is 0 Å². The third-order valence-electron chi connectivity index (χ3n) is 4.46. The molecule has 0 heterocycles. The van der Waals surface area contributed by atoms with Gasteiger partial charge in [0.15, 0.2) is 0 Å². The molecule has 1 fully saturated rings. The topological polar surface area (TPSA) is 24.5 Å². The normalized spacial score (nSPS) is 20.4. The van der Waals surface area contributed by atoms with Crippen LogP contribution in [0.3, 0.4) is 0 Å². The molecule has 1 N–H and O–H groups in total. The van der Waals surface area contributed by atoms with Gasteiger partial charge in [0.25, 0.3) is 0 Å². The lowest BCUT2D eigenvalue weighted by Crippen LogP contribution is -2.45. The van der Waals surface area contributed by atoms with Crippen LogP contribution in [0.2, 0.25) is 0 Å². The van der Waals surface area contributed by atoms with Crippen LogP contribution in [0.15, 0.2) is 0 Å². The second-order valence-corrected chi connectivity index (χ2v) is 6.95. The maximum Gasteiger partial charge on any atom is 0.0615 e. The summed E-state index contributed by atoms with van der Waals surface area (Å²) >= 11 is 0. The molecule has 0 bridgehead atoms. The van der Waals surface area contributed by atoms with Gasteiger partial charge < -0.3 is 15.0 Å². The van der Waals surface area contributed by atoms with Gasteiger partial charge in [-0.2, -0.15) is 0 Å². The Labute approximate surface area is 120 Å². The Hall–Kier alpha value is -0.120. The molecule has 1 rings (SSSR count). The van der Waals surface area contributed by atoms with Gasteiger partial charge in [-0.15, -0.1) is 0 Å². The number of ether oxygens (including phenoxy) is 1. The molecule has 0 amide bonds. The summed E-state index contributed by atoms with van der Waals surface area (Å²) in [5.74, 6) is 0.739. The Kier molecular flexibility index (Phi) is 7.33. The minimum absolute atomic E-state index is 0.492. The van der Waals surface area contributed by atoms with Crippen molar-refractivity contribution in [3.63, 3.8) is 0 Å². The molecule has 1 atom stereocenters. The molecule has 0 aromatic carbocycles. The second-order valence-electron chi connectivity index (χ2n) is 6.95. The first-order valence-electron chi connectivity index (χ1n) is 7.89. The number of nitrogens with one attached hydrogen (secondary N) is 1. The predicted octanol–water partition coefficient (Wildman–Crippen LogP) is 2.76. The molecule has 0 aliphatic heterocycles. The lowest BCUT2D eigenvalue weighted by Gasteiger charge is -2.36. The predicted molar refractivity (Wildman–Crippen MR) is 82.6 cm³/mol. The van der Waals surface area contributed by atoms with E-state index < -0.39 is 0 Å². The Morgan fingerprint density at radius 3 is 2.37 bits per heavy atom. The smallest absolute Gasteiger partial charge is 0.0615 e. The molecule has 0 aromatic rings. The fraction of sp³-hybridized carbons (Fsp3) is 1.00. The molecule has 1 unspecified atom stereocenters. The Morgan fingerprint density at radius 1 is 1.21 bits per heavy atom. The minimum atomic E-state index is 0.492. The van der Waals surface area contributed by atoms with Gasteiger partial charge in [0.05, 0.1) is 6.61 Å². The lowest BCUT2D eigenvalue weighted by molar-refractivity contribution is 0.0809. The van der Waals surface area contributed by atoms with Crippen molar-refractivity contribution in [1.82, 2.24) is 10.2 Å². The van der Waals surface area contributed by atoms with Crippen LogP contribution in [-0.4, -0.2) is 51.3 Å². The van der Waals surface area contributed by atoms with Crippen LogP contribution in [0.25, 0.3) is 0 Å². The van der Waals surface area contributed by atoms with E-state index in [4.69, 9.17) is 4.74 Å². The van der Waals surface area contributed by atoms with E-state index >= 15 is 0 Å². The SMILES string of the molecule is COCC(C)N(C)CC1(CNCC(C)C)CCCC1. The molecule has 1 aliphatic rings. The summed E-state index contributed by atoms with van der Waals surface area (Å²) in [4.78, 5) is 2.48. The van der Waals surface area contributed by atoms with Gasteiger partial charge in [0, 0.05) is 26.2 Å². The zero-order chi connectivity index (χ0) is 14.3. The Morgan fingerprint density at radius 2 is 1.84 bits per heavy atom. The molecular formula is C16H34N2O. The van der Waals surface area contributed by atoms with Crippen LogP contribution in [0.4, 0.5) is 0 Å². The summed E-state index contributed by atoms with van der Waals surface area (Å²) in [7, 11) is 4.03. The van der Waals surface area contributed by atoms with Crippen molar-refractivity contribution in [3.05, 3.63) is 0 Å². The molecule has 114 valence electrons. The van der Waals surface area contributed by atoms with Gasteiger partial charge in [0.2, 0.25) is 0 Å². The standard InChI is InChI=1S/C16H34N2O/c1-14(2)10-17-12-16(8-6-7-9-16)13-18(4)15(3)11-19-5/h14-15,17H,6-13H2,1-5H3. The fourth-order valence-electron chi connectivity index (χ4n) is 3.20. The molecule has 0 radical (unpaired) electrons. The molecule has 0 saturated heterocycles. The molecule has 0 spiro atoms. The van der Waals surface area contributed by atoms with Crippen molar-refractivity contribution < 1.29 is 4.74 Å². The van der Waals surface area contributed by atoms with Gasteiger partial charge in [-0.1, -0.05) is 26.7 Å². The summed E-state index contributed by atoms with van der Waals surface area (Å²) in [5, 5.41) is 3.69. The van der Waals surface area contributed by atoms with Crippen LogP contribution in [0.1, 0.15) is 46.5 Å². The summed E-state index contributed by atoms with van der Waals surface area (Å²) in [5.41, 5.74) is 0.492. The van der Waals surface area contributed by atoms with Crippen molar-refractivity contribution in [2.75, 3.05) is 40.4 Å². The van der Waals surface area contributed by atoms with E-state index in [1.54, 1.807) is 7.11 Å². The van der Waals surface area contributed by atoms with Crippen LogP contribution in [0, 0.1) is 11.3 Å². The first-order valence-corrected chi connectivity index (χ1v) is 7.89. The van der Waals surface area contributed by atoms with E-state index in [9.17, 15) is 0 Å². The van der Waals surface area contributed by atoms with Crippen LogP contribution in [0.5, 0.6) is 0 Å². The number of hydrogen-bond donors (Lipinski definition) is 1. The Bertz CT molecular complexity index is 237. The van der Waals surface area contributed by atoms with Crippen molar-refractivity contribution in [3.8, 4) is 0 Å². The number of hydrogen-bond acceptors (Lipinski definition) is 3. The zero-order valence-corrected chi connectivity index (χ0v) is 13.7. The van der Waals surface area contributed by atoms with Crippen molar-refractivity contribution in [2.24, 2.45) is 11.3 Å². The first-order chi connectivity index (χ1) is 8.99. The van der Waals surface area contributed by atoms with E-state index in [2.05, 4.69) is 38.0 Å². The number of likely N-dealkylation sites (N-methyl/N-ethyl adjacent to an activating group) is 1. The van der Waals surface area contributed by atoms with Gasteiger partial charge >= 0.3 is 0 Å². The van der Waals surface area contributed by atoms with Crippen molar-refractivity contribution in [2.45, 2.75) is 52.5 Å². The van der Waals surface area contributed by atoms with Crippen molar-refractivity contribution in [1.29, 1.82) is 0 Å². The third kappa shape index (κ3) is 5.80. The molecule has 3 heteroatoms. The molecular weight excluding hydrogens is 236 g/mol. The van der Waals surface area contributed by atoms with Gasteiger partial charge in [-0.05, 0) is 44.7 Å². The largest absolute Gasteiger partial charge is 0.383 e. The first kappa shape index (κ1) is 16.9. The van der Waals surface area contributed by atoms with E-state index in [-0.39, 0.29) is 0 Å². The lowest BCUT2D eigenvalue weighted by atomic mass is 9.85. The molecule has 1 aliphatic carbocycles. The van der Waals surface area contributed by atoms with Crippen LogP contribution < -0.4 is 5.32 Å². The molecule has 0 aromatic heterocycles. The highest BCUT2D eigenvalue weighted by atomic mass is 16.5. The fourth-order valence-corrected chi connectivity index (χ4v) is 3.20.